The maximum absolute atomic E-state index is 13.1. The highest BCUT2D eigenvalue weighted by atomic mass is 19.4. The summed E-state index contributed by atoms with van der Waals surface area (Å²) in [6.07, 6.45) is -1.91. The summed E-state index contributed by atoms with van der Waals surface area (Å²) in [7, 11) is 1.59. The van der Waals surface area contributed by atoms with Crippen LogP contribution in [0.15, 0.2) is 42.5 Å². The molecule has 3 rings (SSSR count). The van der Waals surface area contributed by atoms with E-state index in [1.807, 2.05) is 18.2 Å². The summed E-state index contributed by atoms with van der Waals surface area (Å²) < 4.78 is 44.6. The van der Waals surface area contributed by atoms with Crippen molar-refractivity contribution in [3.05, 3.63) is 53.6 Å². The van der Waals surface area contributed by atoms with Crippen molar-refractivity contribution in [3.63, 3.8) is 0 Å². The quantitative estimate of drug-likeness (QED) is 0.596. The summed E-state index contributed by atoms with van der Waals surface area (Å²) in [6.45, 7) is 0.588. The molecule has 138 valence electrons. The van der Waals surface area contributed by atoms with Gasteiger partial charge in [0.25, 0.3) is 0 Å². The number of aryl methyl sites for hydroxylation is 1. The summed E-state index contributed by atoms with van der Waals surface area (Å²) in [5.41, 5.74) is 8.05. The molecule has 0 aliphatic heterocycles. The van der Waals surface area contributed by atoms with Crippen molar-refractivity contribution in [2.45, 2.75) is 25.4 Å². The molecule has 1 heterocycles. The van der Waals surface area contributed by atoms with Crippen LogP contribution >= 0.6 is 0 Å². The first-order valence-corrected chi connectivity index (χ1v) is 8.50. The monoisotopic (exact) mass is 362 g/mol. The molecule has 3 aromatic rings. The van der Waals surface area contributed by atoms with Crippen molar-refractivity contribution in [1.29, 1.82) is 0 Å². The Bertz CT molecular complexity index is 900. The lowest BCUT2D eigenvalue weighted by Crippen LogP contribution is -2.04. The predicted molar refractivity (Wildman–Crippen MR) is 97.3 cm³/mol. The topological polar surface area (TPSA) is 51.0 Å². The smallest absolute Gasteiger partial charge is 0.416 e. The second-order valence-corrected chi connectivity index (χ2v) is 6.21. The first-order valence-electron chi connectivity index (χ1n) is 8.50. The fraction of sp³-hybridized carbons (Fsp3) is 0.300. The molecule has 2 aromatic carbocycles. The van der Waals surface area contributed by atoms with Crippen LogP contribution < -0.4 is 10.5 Å². The van der Waals surface area contributed by atoms with Gasteiger partial charge in [-0.25, -0.2) is 0 Å². The van der Waals surface area contributed by atoms with Gasteiger partial charge in [-0.2, -0.15) is 13.2 Å². The van der Waals surface area contributed by atoms with Gasteiger partial charge in [0, 0.05) is 16.6 Å². The van der Waals surface area contributed by atoms with Crippen LogP contribution in [0.25, 0.3) is 22.2 Å². The minimum Gasteiger partial charge on any atom is -0.497 e. The van der Waals surface area contributed by atoms with Gasteiger partial charge in [-0.05, 0) is 67.3 Å². The van der Waals surface area contributed by atoms with Gasteiger partial charge in [0.15, 0.2) is 0 Å². The molecule has 0 unspecified atom stereocenters. The molecule has 0 fully saturated rings. The van der Waals surface area contributed by atoms with E-state index in [0.29, 0.717) is 17.9 Å². The summed E-state index contributed by atoms with van der Waals surface area (Å²) >= 11 is 0. The Morgan fingerprint density at radius 1 is 1.08 bits per heavy atom. The highest BCUT2D eigenvalue weighted by Gasteiger charge is 2.30. The van der Waals surface area contributed by atoms with Crippen molar-refractivity contribution in [2.75, 3.05) is 13.7 Å². The zero-order valence-electron chi connectivity index (χ0n) is 14.5. The van der Waals surface area contributed by atoms with Crippen LogP contribution in [-0.4, -0.2) is 18.6 Å². The fourth-order valence-electron chi connectivity index (χ4n) is 3.16. The first kappa shape index (κ1) is 18.3. The van der Waals surface area contributed by atoms with E-state index in [2.05, 4.69) is 4.98 Å². The predicted octanol–water partition coefficient (Wildman–Crippen LogP) is 5.14. The first-order chi connectivity index (χ1) is 12.4. The van der Waals surface area contributed by atoms with Crippen molar-refractivity contribution < 1.29 is 17.9 Å². The number of unbranched alkanes of at least 4 members (excludes halogenated alkanes) is 1. The molecule has 3 N–H and O–H groups in total. The zero-order chi connectivity index (χ0) is 18.7. The largest absolute Gasteiger partial charge is 0.497 e. The van der Waals surface area contributed by atoms with Crippen LogP contribution in [0, 0.1) is 0 Å². The minimum absolute atomic E-state index is 0.526. The molecule has 26 heavy (non-hydrogen) atoms. The van der Waals surface area contributed by atoms with Gasteiger partial charge in [0.05, 0.1) is 12.7 Å². The number of ether oxygens (including phenoxy) is 1. The summed E-state index contributed by atoms with van der Waals surface area (Å²) in [6, 6.07) is 11.0. The lowest BCUT2D eigenvalue weighted by atomic mass is 9.99. The molecular formula is C20H21F3N2O. The Morgan fingerprint density at radius 2 is 1.88 bits per heavy atom. The Hall–Kier alpha value is -2.47. The third-order valence-electron chi connectivity index (χ3n) is 4.47. The number of aromatic nitrogens is 1. The number of alkyl halides is 3. The molecule has 0 aliphatic rings. The number of H-pyrrole nitrogens is 1. The lowest BCUT2D eigenvalue weighted by molar-refractivity contribution is -0.137. The van der Waals surface area contributed by atoms with E-state index in [-0.39, 0.29) is 0 Å². The van der Waals surface area contributed by atoms with Gasteiger partial charge in [-0.1, -0.05) is 12.1 Å². The molecule has 0 spiro atoms. The van der Waals surface area contributed by atoms with Gasteiger partial charge in [-0.15, -0.1) is 0 Å². The lowest BCUT2D eigenvalue weighted by Gasteiger charge is -2.10. The van der Waals surface area contributed by atoms with E-state index in [1.165, 1.54) is 12.1 Å². The summed E-state index contributed by atoms with van der Waals surface area (Å²) in [5, 5.41) is 0.966. The van der Waals surface area contributed by atoms with E-state index in [4.69, 9.17) is 10.5 Å². The van der Waals surface area contributed by atoms with E-state index in [1.54, 1.807) is 13.2 Å². The average molecular weight is 362 g/mol. The van der Waals surface area contributed by atoms with E-state index in [0.717, 1.165) is 47.5 Å². The Labute approximate surface area is 150 Å². The maximum atomic E-state index is 13.1. The third kappa shape index (κ3) is 3.70. The van der Waals surface area contributed by atoms with Crippen molar-refractivity contribution in [1.82, 2.24) is 4.98 Å². The third-order valence-corrected chi connectivity index (χ3v) is 4.47. The number of hydrogen-bond acceptors (Lipinski definition) is 2. The number of fused-ring (bicyclic) bond motifs is 1. The molecule has 0 radical (unpaired) electrons. The van der Waals surface area contributed by atoms with Crippen LogP contribution in [0.1, 0.15) is 24.0 Å². The number of benzene rings is 2. The molecule has 0 atom stereocenters. The van der Waals surface area contributed by atoms with Crippen LogP contribution in [0.4, 0.5) is 13.2 Å². The molecule has 1 aromatic heterocycles. The summed E-state index contributed by atoms with van der Waals surface area (Å²) in [5.74, 6) is 0.715. The molecule has 6 heteroatoms. The Balaban J connectivity index is 2.13. The summed E-state index contributed by atoms with van der Waals surface area (Å²) in [4.78, 5) is 3.28. The average Bonchev–Trinajstić information content (AvgIpc) is 2.99. The van der Waals surface area contributed by atoms with Gasteiger partial charge in [-0.3, -0.25) is 0 Å². The number of hydrogen-bond donors (Lipinski definition) is 2. The second kappa shape index (κ2) is 7.41. The van der Waals surface area contributed by atoms with Gasteiger partial charge < -0.3 is 15.5 Å². The molecule has 0 saturated carbocycles. The minimum atomic E-state index is -4.37. The highest BCUT2D eigenvalue weighted by Crippen LogP contribution is 2.36. The number of nitrogens with two attached hydrogens (primary N) is 1. The standard InChI is InChI=1S/C20H21F3N2O/c1-26-15-8-9-18-17(12-15)16(7-2-3-10-24)19(25-18)13-5-4-6-14(11-13)20(21,22)23/h4-6,8-9,11-12,25H,2-3,7,10,24H2,1H3. The zero-order valence-corrected chi connectivity index (χ0v) is 14.5. The number of rotatable bonds is 6. The van der Waals surface area contributed by atoms with Crippen molar-refractivity contribution in [3.8, 4) is 17.0 Å². The Morgan fingerprint density at radius 3 is 2.58 bits per heavy atom. The SMILES string of the molecule is COc1ccc2[nH]c(-c3cccc(C(F)(F)F)c3)c(CCCCN)c2c1. The van der Waals surface area contributed by atoms with E-state index in [9.17, 15) is 13.2 Å². The molecule has 0 aliphatic carbocycles. The van der Waals surface area contributed by atoms with Crippen LogP contribution in [0.2, 0.25) is 0 Å². The van der Waals surface area contributed by atoms with Crippen LogP contribution in [0.5, 0.6) is 5.75 Å². The number of aromatic amines is 1. The fourth-order valence-corrected chi connectivity index (χ4v) is 3.16. The van der Waals surface area contributed by atoms with Gasteiger partial charge in [0.1, 0.15) is 5.75 Å². The number of nitrogens with one attached hydrogen (secondary N) is 1. The Kier molecular flexibility index (Phi) is 5.23. The van der Waals surface area contributed by atoms with E-state index >= 15 is 0 Å². The molecular weight excluding hydrogens is 341 g/mol. The van der Waals surface area contributed by atoms with Crippen LogP contribution in [-0.2, 0) is 12.6 Å². The maximum Gasteiger partial charge on any atom is 0.416 e. The number of halogens is 3. The van der Waals surface area contributed by atoms with Crippen LogP contribution in [0.3, 0.4) is 0 Å². The van der Waals surface area contributed by atoms with E-state index < -0.39 is 11.7 Å². The molecule has 0 amide bonds. The van der Waals surface area contributed by atoms with Crippen molar-refractivity contribution in [2.24, 2.45) is 5.73 Å². The number of methoxy groups -OCH3 is 1. The van der Waals surface area contributed by atoms with Crippen molar-refractivity contribution >= 4 is 10.9 Å². The molecule has 3 nitrogen and oxygen atoms in total. The highest BCUT2D eigenvalue weighted by molar-refractivity contribution is 5.91. The molecule has 0 saturated heterocycles. The normalized spacial score (nSPS) is 11.9. The second-order valence-electron chi connectivity index (χ2n) is 6.21. The van der Waals surface area contributed by atoms with Gasteiger partial charge >= 0.3 is 6.18 Å². The molecule has 0 bridgehead atoms. The van der Waals surface area contributed by atoms with Gasteiger partial charge in [0.2, 0.25) is 0 Å².